The first-order valence-corrected chi connectivity index (χ1v) is 16.5. The minimum Gasteiger partial charge on any atom is -0.295 e. The lowest BCUT2D eigenvalue weighted by molar-refractivity contribution is 0.661. The highest BCUT2D eigenvalue weighted by atomic mass is 16.1. The fourth-order valence-electron chi connectivity index (χ4n) is 7.41. The molecule has 0 fully saturated rings. The van der Waals surface area contributed by atoms with Crippen molar-refractivity contribution < 1.29 is 0 Å². The Morgan fingerprint density at radius 1 is 0.469 bits per heavy atom. The highest BCUT2D eigenvalue weighted by Crippen LogP contribution is 2.50. The van der Waals surface area contributed by atoms with Crippen LogP contribution < -0.4 is 5.69 Å². The van der Waals surface area contributed by atoms with Crippen LogP contribution in [0, 0.1) is 0 Å². The van der Waals surface area contributed by atoms with Crippen LogP contribution in [0.5, 0.6) is 0 Å². The third kappa shape index (κ3) is 4.55. The molecule has 8 aromatic rings. The number of fused-ring (bicyclic) bond motifs is 5. The Hall–Kier alpha value is -6.14. The van der Waals surface area contributed by atoms with Gasteiger partial charge in [0.1, 0.15) is 0 Å². The topological polar surface area (TPSA) is 65.6 Å². The summed E-state index contributed by atoms with van der Waals surface area (Å²) in [6, 6.07) is 44.4. The van der Waals surface area contributed by atoms with Crippen LogP contribution in [0.4, 0.5) is 0 Å². The number of hydrogen-bond acceptors (Lipinski definition) is 4. The number of nitrogens with zero attached hydrogens (tertiary/aromatic N) is 5. The van der Waals surface area contributed by atoms with Crippen LogP contribution in [0.2, 0.25) is 0 Å². The van der Waals surface area contributed by atoms with Crippen molar-refractivity contribution in [1.29, 1.82) is 0 Å². The Labute approximate surface area is 284 Å². The van der Waals surface area contributed by atoms with E-state index in [-0.39, 0.29) is 11.1 Å². The van der Waals surface area contributed by atoms with Crippen molar-refractivity contribution in [2.45, 2.75) is 19.3 Å². The lowest BCUT2D eigenvalue weighted by Crippen LogP contribution is -2.19. The maximum absolute atomic E-state index is 12.5. The monoisotopic (exact) mass is 635 g/mol. The van der Waals surface area contributed by atoms with Crippen LogP contribution in [0.1, 0.15) is 25.0 Å². The molecule has 0 N–H and O–H groups in total. The van der Waals surface area contributed by atoms with Crippen molar-refractivity contribution in [2.24, 2.45) is 14.1 Å². The largest absolute Gasteiger partial charge is 0.328 e. The van der Waals surface area contributed by atoms with Gasteiger partial charge in [0.15, 0.2) is 17.5 Å². The second-order valence-electron chi connectivity index (χ2n) is 13.5. The predicted octanol–water partition coefficient (Wildman–Crippen LogP) is 9.19. The van der Waals surface area contributed by atoms with E-state index in [4.69, 9.17) is 15.0 Å². The zero-order valence-electron chi connectivity index (χ0n) is 27.8. The molecule has 2 heterocycles. The number of rotatable bonds is 4. The van der Waals surface area contributed by atoms with Crippen molar-refractivity contribution in [3.8, 4) is 56.4 Å². The molecule has 6 heteroatoms. The highest BCUT2D eigenvalue weighted by Gasteiger charge is 2.36. The van der Waals surface area contributed by atoms with E-state index in [2.05, 4.69) is 105 Å². The molecule has 0 saturated heterocycles. The number of benzene rings is 6. The number of aryl methyl sites for hydroxylation is 2. The van der Waals surface area contributed by atoms with E-state index in [1.807, 2.05) is 43.4 Å². The number of hydrogen-bond donors (Lipinski definition) is 0. The lowest BCUT2D eigenvalue weighted by Gasteiger charge is -2.22. The van der Waals surface area contributed by atoms with Crippen molar-refractivity contribution in [2.75, 3.05) is 0 Å². The van der Waals surface area contributed by atoms with Gasteiger partial charge in [-0.25, -0.2) is 19.7 Å². The Balaban J connectivity index is 1.14. The maximum Gasteiger partial charge on any atom is 0.328 e. The summed E-state index contributed by atoms with van der Waals surface area (Å²) < 4.78 is 3.36. The average molecular weight is 636 g/mol. The van der Waals surface area contributed by atoms with E-state index in [0.29, 0.717) is 17.5 Å². The quantitative estimate of drug-likeness (QED) is 0.193. The normalized spacial score (nSPS) is 13.1. The van der Waals surface area contributed by atoms with Gasteiger partial charge < -0.3 is 0 Å². The summed E-state index contributed by atoms with van der Waals surface area (Å²) in [5.74, 6) is 1.89. The summed E-state index contributed by atoms with van der Waals surface area (Å²) in [6.07, 6.45) is 0. The van der Waals surface area contributed by atoms with E-state index >= 15 is 0 Å². The molecule has 1 aliphatic rings. The Bertz CT molecular complexity index is 2670. The van der Waals surface area contributed by atoms with Gasteiger partial charge in [0.05, 0.1) is 11.0 Å². The minimum absolute atomic E-state index is 0.0348. The SMILES string of the molecule is Cn1c(=O)n(C)c2cc(-c3ccc(-c4nc(-c5ccccc5)nc(-c5ccc6c(c5)C(C)(C)c5cc7ccccc7cc5-6)n4)cc3)ccc21. The summed E-state index contributed by atoms with van der Waals surface area (Å²) in [5, 5.41) is 2.51. The van der Waals surface area contributed by atoms with Crippen molar-refractivity contribution in [1.82, 2.24) is 24.1 Å². The number of aromatic nitrogens is 5. The van der Waals surface area contributed by atoms with Gasteiger partial charge in [-0.2, -0.15) is 0 Å². The van der Waals surface area contributed by atoms with Gasteiger partial charge >= 0.3 is 5.69 Å². The molecular weight excluding hydrogens is 603 g/mol. The van der Waals surface area contributed by atoms with Crippen molar-refractivity contribution in [3.63, 3.8) is 0 Å². The molecule has 0 unspecified atom stereocenters. The first-order chi connectivity index (χ1) is 23.8. The first kappa shape index (κ1) is 29.0. The fraction of sp³-hybridized carbons (Fsp3) is 0.116. The van der Waals surface area contributed by atoms with Gasteiger partial charge in [-0.05, 0) is 74.5 Å². The zero-order valence-corrected chi connectivity index (χ0v) is 27.8. The Morgan fingerprint density at radius 2 is 1.00 bits per heavy atom. The number of imidazole rings is 1. The van der Waals surface area contributed by atoms with Crippen LogP contribution in [-0.4, -0.2) is 24.1 Å². The van der Waals surface area contributed by atoms with Gasteiger partial charge in [-0.3, -0.25) is 9.13 Å². The standard InChI is InChI=1S/C43H33N5O/c1-43(2)35-24-32(18-20-33(35)34-22-29-12-8-9-13-30(29)23-36(34)43)41-45-39(27-10-6-5-7-11-27)44-40(46-41)28-16-14-26(15-17-28)31-19-21-37-38(25-31)48(4)42(49)47(37)3/h5-25H,1-4H3. The highest BCUT2D eigenvalue weighted by molar-refractivity contribution is 5.94. The Morgan fingerprint density at radius 3 is 1.71 bits per heavy atom. The van der Waals surface area contributed by atoms with Gasteiger partial charge in [0.25, 0.3) is 0 Å². The Kier molecular flexibility index (Phi) is 6.33. The molecule has 0 aliphatic heterocycles. The van der Waals surface area contributed by atoms with E-state index < -0.39 is 0 Å². The van der Waals surface area contributed by atoms with Gasteiger partial charge in [0, 0.05) is 36.2 Å². The molecule has 0 atom stereocenters. The van der Waals surface area contributed by atoms with Crippen LogP contribution in [0.25, 0.3) is 78.2 Å². The fourth-order valence-corrected chi connectivity index (χ4v) is 7.41. The van der Waals surface area contributed by atoms with Gasteiger partial charge in [0.2, 0.25) is 0 Å². The maximum atomic E-state index is 12.5. The third-order valence-electron chi connectivity index (χ3n) is 10.2. The summed E-state index contributed by atoms with van der Waals surface area (Å²) in [4.78, 5) is 27.6. The third-order valence-corrected chi connectivity index (χ3v) is 10.2. The first-order valence-electron chi connectivity index (χ1n) is 16.5. The van der Waals surface area contributed by atoms with Gasteiger partial charge in [-0.15, -0.1) is 0 Å². The van der Waals surface area contributed by atoms with Crippen molar-refractivity contribution in [3.05, 3.63) is 149 Å². The molecule has 0 bridgehead atoms. The van der Waals surface area contributed by atoms with Crippen LogP contribution in [0.15, 0.2) is 132 Å². The molecule has 2 aromatic heterocycles. The van der Waals surface area contributed by atoms with Gasteiger partial charge in [-0.1, -0.05) is 111 Å². The summed E-state index contributed by atoms with van der Waals surface area (Å²) in [6.45, 7) is 4.61. The average Bonchev–Trinajstić information content (AvgIpc) is 3.50. The smallest absolute Gasteiger partial charge is 0.295 e. The molecule has 236 valence electrons. The van der Waals surface area contributed by atoms with Crippen LogP contribution in [0.3, 0.4) is 0 Å². The minimum atomic E-state index is -0.173. The zero-order chi connectivity index (χ0) is 33.4. The van der Waals surface area contributed by atoms with Crippen LogP contribution >= 0.6 is 0 Å². The molecule has 6 aromatic carbocycles. The van der Waals surface area contributed by atoms with Crippen LogP contribution in [-0.2, 0) is 19.5 Å². The molecule has 9 rings (SSSR count). The molecule has 1 aliphatic carbocycles. The molecule has 6 nitrogen and oxygen atoms in total. The summed E-state index contributed by atoms with van der Waals surface area (Å²) >= 11 is 0. The summed E-state index contributed by atoms with van der Waals surface area (Å²) in [7, 11) is 3.61. The second-order valence-corrected chi connectivity index (χ2v) is 13.5. The molecule has 0 radical (unpaired) electrons. The van der Waals surface area contributed by atoms with E-state index in [0.717, 1.165) is 38.9 Å². The molecular formula is C43H33N5O. The summed E-state index contributed by atoms with van der Waals surface area (Å²) in [5.41, 5.74) is 11.7. The van der Waals surface area contributed by atoms with E-state index in [9.17, 15) is 4.79 Å². The molecule has 0 saturated carbocycles. The second kappa shape index (κ2) is 10.7. The van der Waals surface area contributed by atoms with E-state index in [1.165, 1.54) is 33.0 Å². The lowest BCUT2D eigenvalue weighted by atomic mass is 9.81. The molecule has 0 spiro atoms. The molecule has 0 amide bonds. The van der Waals surface area contributed by atoms with Crippen molar-refractivity contribution >= 4 is 21.8 Å². The van der Waals surface area contributed by atoms with E-state index in [1.54, 1.807) is 16.2 Å². The molecule has 49 heavy (non-hydrogen) atoms. The predicted molar refractivity (Wildman–Crippen MR) is 198 cm³/mol.